The van der Waals surface area contributed by atoms with Gasteiger partial charge in [0.1, 0.15) is 5.01 Å². The molecular formula is C11H12N2O3S3. The lowest BCUT2D eigenvalue weighted by atomic mass is 10.2. The standard InChI is InChI=1S/C11H12N2O3S3/c14-19(15,16)8-4-7-17-11-13-12-10(18-11)9-5-2-1-3-6-9/h1-3,5-6H,4,7-8H2,(H,14,15,16). The SMILES string of the molecule is O=S(=O)(O)CCCSc1nnc(-c2ccccc2)s1. The molecule has 0 radical (unpaired) electrons. The predicted octanol–water partition coefficient (Wildman–Crippen LogP) is 2.58. The van der Waals surface area contributed by atoms with E-state index in [9.17, 15) is 8.42 Å². The van der Waals surface area contributed by atoms with Gasteiger partial charge in [-0.25, -0.2) is 0 Å². The second kappa shape index (κ2) is 6.47. The van der Waals surface area contributed by atoms with E-state index in [-0.39, 0.29) is 5.75 Å². The summed E-state index contributed by atoms with van der Waals surface area (Å²) >= 11 is 2.92. The average molecular weight is 316 g/mol. The lowest BCUT2D eigenvalue weighted by Crippen LogP contribution is -2.04. The highest BCUT2D eigenvalue weighted by Crippen LogP contribution is 2.29. The Kier molecular flexibility index (Phi) is 4.92. The molecule has 0 amide bonds. The largest absolute Gasteiger partial charge is 0.286 e. The maximum Gasteiger partial charge on any atom is 0.264 e. The van der Waals surface area contributed by atoms with Crippen LogP contribution in [0.4, 0.5) is 0 Å². The number of hydrogen-bond donors (Lipinski definition) is 1. The summed E-state index contributed by atoms with van der Waals surface area (Å²) in [4.78, 5) is 0. The van der Waals surface area contributed by atoms with E-state index in [2.05, 4.69) is 10.2 Å². The maximum absolute atomic E-state index is 10.6. The third-order valence-electron chi connectivity index (χ3n) is 2.20. The average Bonchev–Trinajstić information content (AvgIpc) is 2.83. The quantitative estimate of drug-likeness (QED) is 0.501. The van der Waals surface area contributed by atoms with Crippen molar-refractivity contribution in [2.75, 3.05) is 11.5 Å². The first-order chi connectivity index (χ1) is 9.04. The Morgan fingerprint density at radius 2 is 1.95 bits per heavy atom. The number of aromatic nitrogens is 2. The minimum absolute atomic E-state index is 0.218. The predicted molar refractivity (Wildman–Crippen MR) is 77.1 cm³/mol. The Labute approximate surface area is 119 Å². The van der Waals surface area contributed by atoms with Gasteiger partial charge >= 0.3 is 0 Å². The van der Waals surface area contributed by atoms with Gasteiger partial charge in [-0.05, 0) is 6.42 Å². The summed E-state index contributed by atoms with van der Waals surface area (Å²) in [5.41, 5.74) is 1.02. The van der Waals surface area contributed by atoms with E-state index < -0.39 is 10.1 Å². The molecule has 0 aliphatic carbocycles. The smallest absolute Gasteiger partial charge is 0.264 e. The fourth-order valence-electron chi connectivity index (χ4n) is 1.37. The lowest BCUT2D eigenvalue weighted by molar-refractivity contribution is 0.482. The summed E-state index contributed by atoms with van der Waals surface area (Å²) in [6.07, 6.45) is 0.393. The van der Waals surface area contributed by atoms with Gasteiger partial charge < -0.3 is 0 Å². The van der Waals surface area contributed by atoms with E-state index in [1.807, 2.05) is 30.3 Å². The highest BCUT2D eigenvalue weighted by molar-refractivity contribution is 8.01. The zero-order chi connectivity index (χ0) is 13.7. The normalized spacial score (nSPS) is 11.6. The van der Waals surface area contributed by atoms with Crippen molar-refractivity contribution in [3.8, 4) is 10.6 Å². The first-order valence-corrected chi connectivity index (χ1v) is 8.92. The molecule has 2 rings (SSSR count). The van der Waals surface area contributed by atoms with Crippen LogP contribution in [0.3, 0.4) is 0 Å². The highest BCUT2D eigenvalue weighted by Gasteiger charge is 2.08. The number of nitrogens with zero attached hydrogens (tertiary/aromatic N) is 2. The minimum atomic E-state index is -3.86. The van der Waals surface area contributed by atoms with Crippen molar-refractivity contribution in [1.29, 1.82) is 0 Å². The Bertz CT molecular complexity index is 626. The summed E-state index contributed by atoms with van der Waals surface area (Å²) in [5, 5.41) is 8.99. The van der Waals surface area contributed by atoms with E-state index >= 15 is 0 Å². The van der Waals surface area contributed by atoms with Gasteiger partial charge in [0.15, 0.2) is 4.34 Å². The molecule has 2 aromatic rings. The van der Waals surface area contributed by atoms with Gasteiger partial charge in [0.25, 0.3) is 10.1 Å². The van der Waals surface area contributed by atoms with Crippen molar-refractivity contribution in [3.05, 3.63) is 30.3 Å². The van der Waals surface area contributed by atoms with Crippen LogP contribution in [-0.4, -0.2) is 34.7 Å². The molecule has 1 aromatic heterocycles. The van der Waals surface area contributed by atoms with Gasteiger partial charge in [-0.1, -0.05) is 53.4 Å². The molecule has 1 heterocycles. The first kappa shape index (κ1) is 14.4. The molecule has 0 saturated carbocycles. The molecular weight excluding hydrogens is 304 g/mol. The molecule has 5 nitrogen and oxygen atoms in total. The van der Waals surface area contributed by atoms with E-state index in [1.165, 1.54) is 23.1 Å². The number of benzene rings is 1. The minimum Gasteiger partial charge on any atom is -0.286 e. The molecule has 0 aliphatic rings. The second-order valence-electron chi connectivity index (χ2n) is 3.73. The zero-order valence-electron chi connectivity index (χ0n) is 9.89. The topological polar surface area (TPSA) is 80.2 Å². The summed E-state index contributed by atoms with van der Waals surface area (Å²) < 4.78 is 30.5. The number of hydrogen-bond acceptors (Lipinski definition) is 6. The third kappa shape index (κ3) is 4.90. The second-order valence-corrected chi connectivity index (χ2v) is 7.62. The molecule has 0 bridgehead atoms. The molecule has 19 heavy (non-hydrogen) atoms. The Hall–Kier alpha value is -0.960. The molecule has 0 atom stereocenters. The summed E-state index contributed by atoms with van der Waals surface area (Å²) in [6, 6.07) is 9.75. The van der Waals surface area contributed by atoms with Crippen molar-refractivity contribution >= 4 is 33.2 Å². The fraction of sp³-hybridized carbons (Fsp3) is 0.273. The van der Waals surface area contributed by atoms with Gasteiger partial charge in [-0.3, -0.25) is 4.55 Å². The van der Waals surface area contributed by atoms with E-state index in [0.29, 0.717) is 12.2 Å². The van der Waals surface area contributed by atoms with Crippen molar-refractivity contribution < 1.29 is 13.0 Å². The Balaban J connectivity index is 1.88. The molecule has 0 fully saturated rings. The van der Waals surface area contributed by atoms with Crippen molar-refractivity contribution in [1.82, 2.24) is 10.2 Å². The van der Waals surface area contributed by atoms with Crippen LogP contribution in [0.5, 0.6) is 0 Å². The molecule has 8 heteroatoms. The monoisotopic (exact) mass is 316 g/mol. The van der Waals surface area contributed by atoms with E-state index in [1.54, 1.807) is 0 Å². The van der Waals surface area contributed by atoms with Crippen LogP contribution >= 0.6 is 23.1 Å². The molecule has 0 spiro atoms. The van der Waals surface area contributed by atoms with Crippen LogP contribution in [0, 0.1) is 0 Å². The molecule has 1 aromatic carbocycles. The van der Waals surface area contributed by atoms with Crippen LogP contribution in [0.15, 0.2) is 34.7 Å². The van der Waals surface area contributed by atoms with Crippen LogP contribution < -0.4 is 0 Å². The summed E-state index contributed by atoms with van der Waals surface area (Å²) in [7, 11) is -3.86. The van der Waals surface area contributed by atoms with Gasteiger partial charge in [-0.15, -0.1) is 10.2 Å². The van der Waals surface area contributed by atoms with Crippen molar-refractivity contribution in [3.63, 3.8) is 0 Å². The Morgan fingerprint density at radius 3 is 2.63 bits per heavy atom. The molecule has 0 unspecified atom stereocenters. The van der Waals surface area contributed by atoms with Gasteiger partial charge in [0.05, 0.1) is 5.75 Å². The number of thioether (sulfide) groups is 1. The van der Waals surface area contributed by atoms with Gasteiger partial charge in [0.2, 0.25) is 0 Å². The van der Waals surface area contributed by atoms with Gasteiger partial charge in [0, 0.05) is 11.3 Å². The van der Waals surface area contributed by atoms with Crippen LogP contribution in [0.1, 0.15) is 6.42 Å². The van der Waals surface area contributed by atoms with E-state index in [0.717, 1.165) is 14.9 Å². The van der Waals surface area contributed by atoms with Crippen LogP contribution in [0.2, 0.25) is 0 Å². The zero-order valence-corrected chi connectivity index (χ0v) is 12.3. The lowest BCUT2D eigenvalue weighted by Gasteiger charge is -1.95. The van der Waals surface area contributed by atoms with Gasteiger partial charge in [-0.2, -0.15) is 8.42 Å². The third-order valence-corrected chi connectivity index (χ3v) is 5.20. The molecule has 1 N–H and O–H groups in total. The maximum atomic E-state index is 10.6. The van der Waals surface area contributed by atoms with Crippen LogP contribution in [-0.2, 0) is 10.1 Å². The molecule has 0 aliphatic heterocycles. The first-order valence-electron chi connectivity index (χ1n) is 5.51. The summed E-state index contributed by atoms with van der Waals surface area (Å²) in [5.74, 6) is 0.369. The fourth-order valence-corrected chi connectivity index (χ4v) is 3.93. The Morgan fingerprint density at radius 1 is 1.21 bits per heavy atom. The highest BCUT2D eigenvalue weighted by atomic mass is 32.2. The van der Waals surface area contributed by atoms with Crippen molar-refractivity contribution in [2.45, 2.75) is 10.8 Å². The van der Waals surface area contributed by atoms with E-state index in [4.69, 9.17) is 4.55 Å². The van der Waals surface area contributed by atoms with Crippen molar-refractivity contribution in [2.24, 2.45) is 0 Å². The summed E-state index contributed by atoms with van der Waals surface area (Å²) in [6.45, 7) is 0. The molecule has 102 valence electrons. The van der Waals surface area contributed by atoms with Crippen LogP contribution in [0.25, 0.3) is 10.6 Å². The molecule has 0 saturated heterocycles. The number of rotatable bonds is 6.